The van der Waals surface area contributed by atoms with E-state index in [4.69, 9.17) is 5.73 Å². The van der Waals surface area contributed by atoms with Crippen LogP contribution in [-0.4, -0.2) is 28.2 Å². The Hall–Kier alpha value is -1.75. The molecule has 1 unspecified atom stereocenters. The Morgan fingerprint density at radius 3 is 2.05 bits per heavy atom. The number of carbonyl (C=O) groups excluding carboxylic acids is 3. The summed E-state index contributed by atoms with van der Waals surface area (Å²) in [5, 5.41) is 10.1. The lowest BCUT2D eigenvalue weighted by molar-refractivity contribution is -0.137. The molecule has 1 atom stereocenters. The smallest absolute Gasteiger partial charge is 0.249 e. The van der Waals surface area contributed by atoms with E-state index in [1.807, 2.05) is 0 Å². The van der Waals surface area contributed by atoms with Gasteiger partial charge in [0, 0.05) is 22.3 Å². The van der Waals surface area contributed by atoms with Crippen molar-refractivity contribution in [1.29, 1.82) is 0 Å². The van der Waals surface area contributed by atoms with Crippen molar-refractivity contribution in [3.05, 3.63) is 22.3 Å². The molecule has 110 valence electrons. The molecule has 0 bridgehead atoms. The van der Waals surface area contributed by atoms with Gasteiger partial charge in [-0.05, 0) is 40.0 Å². The zero-order valence-electron chi connectivity index (χ0n) is 12.4. The fraction of sp³-hybridized carbons (Fsp3) is 0.533. The number of aliphatic hydroxyl groups is 1. The maximum absolute atomic E-state index is 12.2. The molecule has 0 aromatic carbocycles. The van der Waals surface area contributed by atoms with Gasteiger partial charge < -0.3 is 10.8 Å². The van der Waals surface area contributed by atoms with Gasteiger partial charge in [-0.2, -0.15) is 0 Å². The van der Waals surface area contributed by atoms with E-state index in [2.05, 4.69) is 0 Å². The van der Waals surface area contributed by atoms with Crippen molar-refractivity contribution in [3.8, 4) is 0 Å². The molecule has 0 spiro atoms. The van der Waals surface area contributed by atoms with E-state index in [9.17, 15) is 19.5 Å². The van der Waals surface area contributed by atoms with Crippen molar-refractivity contribution in [2.45, 2.75) is 52.6 Å². The quantitative estimate of drug-likeness (QED) is 0.739. The number of amides is 1. The van der Waals surface area contributed by atoms with Crippen molar-refractivity contribution in [2.24, 2.45) is 5.73 Å². The van der Waals surface area contributed by atoms with Gasteiger partial charge in [0.15, 0.2) is 11.6 Å². The number of hydrogen-bond donors (Lipinski definition) is 2. The first kappa shape index (κ1) is 16.3. The Kier molecular flexibility index (Phi) is 4.65. The largest absolute Gasteiger partial charge is 0.380 e. The van der Waals surface area contributed by atoms with E-state index in [1.165, 1.54) is 0 Å². The Morgan fingerprint density at radius 1 is 1.10 bits per heavy atom. The average Bonchev–Trinajstić information content (AvgIpc) is 2.42. The number of rotatable bonds is 5. The number of nitrogens with two attached hydrogens (primary N) is 1. The van der Waals surface area contributed by atoms with Crippen LogP contribution in [0.3, 0.4) is 0 Å². The second kappa shape index (κ2) is 5.71. The molecule has 0 fully saturated rings. The fourth-order valence-electron chi connectivity index (χ4n) is 2.26. The topological polar surface area (TPSA) is 97.5 Å². The first-order chi connectivity index (χ1) is 9.15. The van der Waals surface area contributed by atoms with Gasteiger partial charge in [0.2, 0.25) is 5.91 Å². The van der Waals surface area contributed by atoms with Crippen LogP contribution in [0.1, 0.15) is 47.0 Å². The Bertz CT molecular complexity index is 542. The normalized spacial score (nSPS) is 19.4. The summed E-state index contributed by atoms with van der Waals surface area (Å²) in [4.78, 5) is 35.5. The Labute approximate surface area is 118 Å². The van der Waals surface area contributed by atoms with Gasteiger partial charge in [-0.15, -0.1) is 0 Å². The molecule has 1 aliphatic carbocycles. The molecule has 3 N–H and O–H groups in total. The summed E-state index contributed by atoms with van der Waals surface area (Å²) >= 11 is 0. The highest BCUT2D eigenvalue weighted by atomic mass is 16.3. The van der Waals surface area contributed by atoms with Gasteiger partial charge >= 0.3 is 0 Å². The zero-order valence-corrected chi connectivity index (χ0v) is 12.4. The predicted molar refractivity (Wildman–Crippen MR) is 74.8 cm³/mol. The van der Waals surface area contributed by atoms with Gasteiger partial charge in [0.1, 0.15) is 5.60 Å². The third-order valence-electron chi connectivity index (χ3n) is 4.14. The fourth-order valence-corrected chi connectivity index (χ4v) is 2.26. The summed E-state index contributed by atoms with van der Waals surface area (Å²) in [7, 11) is 0. The maximum Gasteiger partial charge on any atom is 0.249 e. The van der Waals surface area contributed by atoms with E-state index in [0.29, 0.717) is 22.3 Å². The second-order valence-corrected chi connectivity index (χ2v) is 5.26. The Morgan fingerprint density at radius 2 is 1.60 bits per heavy atom. The number of allylic oxidation sites excluding steroid dienone is 4. The van der Waals surface area contributed by atoms with Crippen LogP contribution in [0.2, 0.25) is 0 Å². The predicted octanol–water partition coefficient (Wildman–Crippen LogP) is 1.20. The maximum atomic E-state index is 12.2. The molecule has 0 aromatic rings. The molecule has 1 rings (SSSR count). The van der Waals surface area contributed by atoms with Crippen molar-refractivity contribution in [2.75, 3.05) is 0 Å². The molecule has 5 nitrogen and oxygen atoms in total. The zero-order chi connectivity index (χ0) is 15.7. The number of primary amides is 1. The van der Waals surface area contributed by atoms with Crippen molar-refractivity contribution in [3.63, 3.8) is 0 Å². The first-order valence-corrected chi connectivity index (χ1v) is 6.64. The summed E-state index contributed by atoms with van der Waals surface area (Å²) in [5.74, 6) is -1.16. The summed E-state index contributed by atoms with van der Waals surface area (Å²) < 4.78 is 0. The molecule has 1 aliphatic rings. The van der Waals surface area contributed by atoms with Gasteiger partial charge in [0.25, 0.3) is 0 Å². The van der Waals surface area contributed by atoms with Gasteiger partial charge in [-0.3, -0.25) is 14.4 Å². The van der Waals surface area contributed by atoms with E-state index in [-0.39, 0.29) is 30.8 Å². The third-order valence-corrected chi connectivity index (χ3v) is 4.14. The van der Waals surface area contributed by atoms with Crippen LogP contribution in [0.15, 0.2) is 22.3 Å². The van der Waals surface area contributed by atoms with Crippen LogP contribution < -0.4 is 5.73 Å². The first-order valence-electron chi connectivity index (χ1n) is 6.64. The Balaban J connectivity index is 3.01. The highest BCUT2D eigenvalue weighted by Gasteiger charge is 2.34. The summed E-state index contributed by atoms with van der Waals surface area (Å²) in [6.07, 6.45) is 0.371. The second-order valence-electron chi connectivity index (χ2n) is 5.26. The van der Waals surface area contributed by atoms with Gasteiger partial charge in [0.05, 0.1) is 0 Å². The molecule has 0 aliphatic heterocycles. The van der Waals surface area contributed by atoms with E-state index >= 15 is 0 Å². The SMILES string of the molecule is CCC(O)(CCC1=C(C)C(=O)C(C)=C(C)C1=O)C(N)=O. The number of Topliss-reactive ketones (excluding diaryl/α,β-unsaturated/α-hetero) is 2. The molecule has 0 saturated carbocycles. The number of ketones is 2. The molecule has 0 heterocycles. The van der Waals surface area contributed by atoms with Crippen LogP contribution in [0, 0.1) is 0 Å². The molecule has 0 radical (unpaired) electrons. The molecular formula is C15H21NO4. The van der Waals surface area contributed by atoms with Crippen molar-refractivity contribution >= 4 is 17.5 Å². The van der Waals surface area contributed by atoms with Crippen LogP contribution in [0.5, 0.6) is 0 Å². The lowest BCUT2D eigenvalue weighted by Crippen LogP contribution is -2.43. The van der Waals surface area contributed by atoms with Crippen molar-refractivity contribution < 1.29 is 19.5 Å². The molecule has 20 heavy (non-hydrogen) atoms. The van der Waals surface area contributed by atoms with Gasteiger partial charge in [-0.25, -0.2) is 0 Å². The third kappa shape index (κ3) is 2.72. The molecule has 0 aromatic heterocycles. The molecular weight excluding hydrogens is 258 g/mol. The highest BCUT2D eigenvalue weighted by molar-refractivity contribution is 6.24. The van der Waals surface area contributed by atoms with Crippen LogP contribution in [0.25, 0.3) is 0 Å². The summed E-state index contributed by atoms with van der Waals surface area (Å²) in [6.45, 7) is 6.49. The van der Waals surface area contributed by atoms with E-state index in [1.54, 1.807) is 27.7 Å². The lowest BCUT2D eigenvalue weighted by Gasteiger charge is -2.25. The minimum atomic E-state index is -1.64. The van der Waals surface area contributed by atoms with Crippen LogP contribution in [0.4, 0.5) is 0 Å². The van der Waals surface area contributed by atoms with Crippen molar-refractivity contribution in [1.82, 2.24) is 0 Å². The van der Waals surface area contributed by atoms with Crippen LogP contribution >= 0.6 is 0 Å². The minimum Gasteiger partial charge on any atom is -0.380 e. The van der Waals surface area contributed by atoms with E-state index < -0.39 is 11.5 Å². The highest BCUT2D eigenvalue weighted by Crippen LogP contribution is 2.29. The lowest BCUT2D eigenvalue weighted by atomic mass is 9.81. The van der Waals surface area contributed by atoms with Gasteiger partial charge in [-0.1, -0.05) is 6.92 Å². The molecule has 5 heteroatoms. The van der Waals surface area contributed by atoms with E-state index in [0.717, 1.165) is 0 Å². The number of hydrogen-bond acceptors (Lipinski definition) is 4. The average molecular weight is 279 g/mol. The molecule has 0 saturated heterocycles. The van der Waals surface area contributed by atoms with Crippen LogP contribution in [-0.2, 0) is 14.4 Å². The molecule has 1 amide bonds. The number of carbonyl (C=O) groups is 3. The summed E-state index contributed by atoms with van der Waals surface area (Å²) in [6, 6.07) is 0. The summed E-state index contributed by atoms with van der Waals surface area (Å²) in [5.41, 5.74) is 5.18. The standard InChI is InChI=1S/C15H21NO4/c1-5-15(20,14(16)19)7-6-11-10(4)12(17)8(2)9(3)13(11)18/h20H,5-7H2,1-4H3,(H2,16,19). The monoisotopic (exact) mass is 279 g/mol. The minimum absolute atomic E-state index is 0.0385.